The Balaban J connectivity index is 1.97. The molecule has 0 amide bonds. The average Bonchev–Trinajstić information content (AvgIpc) is 2.20. The Morgan fingerprint density at radius 3 is 2.31 bits per heavy atom. The van der Waals surface area contributed by atoms with E-state index < -0.39 is 6.17 Å². The van der Waals surface area contributed by atoms with Crippen molar-refractivity contribution >= 4 is 23.5 Å². The van der Waals surface area contributed by atoms with E-state index in [4.69, 9.17) is 0 Å². The molecule has 74 valence electrons. The van der Waals surface area contributed by atoms with E-state index in [0.717, 1.165) is 25.7 Å². The third-order valence-electron chi connectivity index (χ3n) is 2.56. The molecule has 1 aliphatic carbocycles. The first kappa shape index (κ1) is 9.91. The number of hydrogen-bond acceptors (Lipinski definition) is 2. The zero-order valence-corrected chi connectivity index (χ0v) is 9.35. The van der Waals surface area contributed by atoms with Crippen molar-refractivity contribution < 1.29 is 4.39 Å². The van der Waals surface area contributed by atoms with Crippen LogP contribution in [0.3, 0.4) is 0 Å². The molecule has 0 atom stereocenters. The minimum absolute atomic E-state index is 0.525. The van der Waals surface area contributed by atoms with Gasteiger partial charge in [-0.15, -0.1) is 23.5 Å². The van der Waals surface area contributed by atoms with Gasteiger partial charge in [-0.3, -0.25) is 0 Å². The first-order chi connectivity index (χ1) is 6.36. The smallest absolute Gasteiger partial charge is 0.101 e. The van der Waals surface area contributed by atoms with Crippen LogP contribution in [-0.2, 0) is 0 Å². The second kappa shape index (κ2) is 4.74. The normalized spacial score (nSPS) is 30.7. The predicted octanol–water partition coefficient (Wildman–Crippen LogP) is 3.98. The van der Waals surface area contributed by atoms with E-state index in [1.54, 1.807) is 5.57 Å². The Bertz CT molecular complexity index is 195. The van der Waals surface area contributed by atoms with Gasteiger partial charge in [0.1, 0.15) is 6.17 Å². The van der Waals surface area contributed by atoms with Crippen LogP contribution in [0.1, 0.15) is 32.1 Å². The van der Waals surface area contributed by atoms with Gasteiger partial charge in [0.25, 0.3) is 0 Å². The van der Waals surface area contributed by atoms with Crippen LogP contribution in [0.5, 0.6) is 0 Å². The molecule has 0 unspecified atom stereocenters. The summed E-state index contributed by atoms with van der Waals surface area (Å²) in [6, 6.07) is 0. The molecule has 0 aromatic carbocycles. The monoisotopic (exact) mass is 218 g/mol. The first-order valence-electron chi connectivity index (χ1n) is 4.98. The number of halogens is 1. The van der Waals surface area contributed by atoms with Gasteiger partial charge in [-0.25, -0.2) is 4.39 Å². The summed E-state index contributed by atoms with van der Waals surface area (Å²) in [6.07, 6.45) is 4.35. The summed E-state index contributed by atoms with van der Waals surface area (Å²) in [5.74, 6) is 2.54. The number of hydrogen-bond donors (Lipinski definition) is 0. The lowest BCUT2D eigenvalue weighted by Crippen LogP contribution is -2.09. The van der Waals surface area contributed by atoms with Crippen molar-refractivity contribution in [2.24, 2.45) is 0 Å². The van der Waals surface area contributed by atoms with Crippen LogP contribution in [-0.4, -0.2) is 17.7 Å². The Morgan fingerprint density at radius 1 is 1.08 bits per heavy atom. The third kappa shape index (κ3) is 2.66. The minimum atomic E-state index is -0.525. The molecule has 1 saturated heterocycles. The van der Waals surface area contributed by atoms with Crippen molar-refractivity contribution in [1.29, 1.82) is 0 Å². The van der Waals surface area contributed by atoms with E-state index in [0.29, 0.717) is 0 Å². The maximum Gasteiger partial charge on any atom is 0.101 e. The Kier molecular flexibility index (Phi) is 3.61. The Labute approximate surface area is 87.7 Å². The number of alkyl halides is 1. The molecule has 0 bridgehead atoms. The van der Waals surface area contributed by atoms with Crippen molar-refractivity contribution in [2.75, 3.05) is 11.5 Å². The molecule has 3 heteroatoms. The summed E-state index contributed by atoms with van der Waals surface area (Å²) in [6.45, 7) is 0. The molecule has 2 rings (SSSR count). The Morgan fingerprint density at radius 2 is 1.69 bits per heavy atom. The molecule has 2 aliphatic rings. The van der Waals surface area contributed by atoms with Crippen molar-refractivity contribution in [3.63, 3.8) is 0 Å². The van der Waals surface area contributed by atoms with Crippen molar-refractivity contribution in [2.45, 2.75) is 38.3 Å². The summed E-state index contributed by atoms with van der Waals surface area (Å²) in [5.41, 5.74) is 1.55. The molecular formula is C10H15FS2. The summed E-state index contributed by atoms with van der Waals surface area (Å²) in [4.78, 5) is 0. The van der Waals surface area contributed by atoms with E-state index in [9.17, 15) is 4.39 Å². The molecule has 0 aromatic heterocycles. The highest BCUT2D eigenvalue weighted by molar-refractivity contribution is 8.22. The number of rotatable bonds is 0. The lowest BCUT2D eigenvalue weighted by molar-refractivity contribution is 0.276. The van der Waals surface area contributed by atoms with Gasteiger partial charge in [-0.05, 0) is 49.2 Å². The lowest BCUT2D eigenvalue weighted by atomic mass is 9.95. The summed E-state index contributed by atoms with van der Waals surface area (Å²) in [7, 11) is 0. The van der Waals surface area contributed by atoms with Crippen molar-refractivity contribution in [3.8, 4) is 0 Å². The van der Waals surface area contributed by atoms with Crippen LogP contribution < -0.4 is 0 Å². The van der Waals surface area contributed by atoms with E-state index in [1.165, 1.54) is 22.2 Å². The fraction of sp³-hybridized carbons (Fsp3) is 0.800. The molecule has 1 aliphatic heterocycles. The second-order valence-corrected chi connectivity index (χ2v) is 6.08. The maximum absolute atomic E-state index is 12.9. The van der Waals surface area contributed by atoms with Crippen molar-refractivity contribution in [1.82, 2.24) is 0 Å². The standard InChI is InChI=1S/C10H15FS2/c11-9-4-2-8(3-5-9)10-12-6-1-7-13-10/h9H,1-7H2. The molecule has 2 fully saturated rings. The van der Waals surface area contributed by atoms with E-state index in [2.05, 4.69) is 0 Å². The molecule has 0 aromatic rings. The summed E-state index contributed by atoms with van der Waals surface area (Å²) < 4.78 is 14.4. The van der Waals surface area contributed by atoms with Crippen molar-refractivity contribution in [3.05, 3.63) is 9.81 Å². The molecular weight excluding hydrogens is 203 g/mol. The molecule has 1 saturated carbocycles. The fourth-order valence-electron chi connectivity index (χ4n) is 1.77. The van der Waals surface area contributed by atoms with Gasteiger partial charge in [0.15, 0.2) is 0 Å². The predicted molar refractivity (Wildman–Crippen MR) is 59.9 cm³/mol. The van der Waals surface area contributed by atoms with Gasteiger partial charge >= 0.3 is 0 Å². The zero-order chi connectivity index (χ0) is 9.10. The van der Waals surface area contributed by atoms with Crippen LogP contribution in [0.4, 0.5) is 4.39 Å². The second-order valence-electron chi connectivity index (χ2n) is 3.62. The number of thioether (sulfide) groups is 2. The van der Waals surface area contributed by atoms with Gasteiger partial charge < -0.3 is 0 Å². The molecule has 0 radical (unpaired) electrons. The van der Waals surface area contributed by atoms with Gasteiger partial charge in [0.2, 0.25) is 0 Å². The van der Waals surface area contributed by atoms with Crippen LogP contribution in [0.25, 0.3) is 0 Å². The highest BCUT2D eigenvalue weighted by atomic mass is 32.2. The molecule has 0 N–H and O–H groups in total. The minimum Gasteiger partial charge on any atom is -0.247 e. The lowest BCUT2D eigenvalue weighted by Gasteiger charge is -2.23. The molecule has 13 heavy (non-hydrogen) atoms. The summed E-state index contributed by atoms with van der Waals surface area (Å²) >= 11 is 3.98. The highest BCUT2D eigenvalue weighted by Crippen LogP contribution is 2.41. The van der Waals surface area contributed by atoms with E-state index in [1.807, 2.05) is 23.5 Å². The van der Waals surface area contributed by atoms with Gasteiger partial charge in [-0.1, -0.05) is 0 Å². The quantitative estimate of drug-likeness (QED) is 0.603. The van der Waals surface area contributed by atoms with Crippen LogP contribution in [0, 0.1) is 0 Å². The maximum atomic E-state index is 12.9. The SMILES string of the molecule is FC1CCC(=C2SCCCS2)CC1. The highest BCUT2D eigenvalue weighted by Gasteiger charge is 2.19. The zero-order valence-electron chi connectivity index (χ0n) is 7.72. The van der Waals surface area contributed by atoms with Crippen LogP contribution in [0.2, 0.25) is 0 Å². The Hall–Kier alpha value is 0.370. The van der Waals surface area contributed by atoms with E-state index in [-0.39, 0.29) is 0 Å². The molecule has 0 spiro atoms. The fourth-order valence-corrected chi connectivity index (χ4v) is 4.55. The largest absolute Gasteiger partial charge is 0.247 e. The first-order valence-corrected chi connectivity index (χ1v) is 6.95. The number of allylic oxidation sites excluding steroid dienone is 1. The average molecular weight is 218 g/mol. The van der Waals surface area contributed by atoms with Gasteiger partial charge in [-0.2, -0.15) is 0 Å². The van der Waals surface area contributed by atoms with E-state index >= 15 is 0 Å². The molecule has 0 nitrogen and oxygen atoms in total. The summed E-state index contributed by atoms with van der Waals surface area (Å²) in [5, 5.41) is 0. The third-order valence-corrected chi connectivity index (χ3v) is 5.36. The van der Waals surface area contributed by atoms with Crippen LogP contribution in [0.15, 0.2) is 9.81 Å². The topological polar surface area (TPSA) is 0 Å². The molecule has 1 heterocycles. The van der Waals surface area contributed by atoms with Gasteiger partial charge in [0.05, 0.1) is 0 Å². The van der Waals surface area contributed by atoms with Gasteiger partial charge in [0, 0.05) is 4.24 Å². The van der Waals surface area contributed by atoms with Crippen LogP contribution >= 0.6 is 23.5 Å².